The third-order valence-electron chi connectivity index (χ3n) is 2.70. The van der Waals surface area contributed by atoms with Crippen LogP contribution in [0.1, 0.15) is 48.5 Å². The van der Waals surface area contributed by atoms with E-state index in [4.69, 9.17) is 23.2 Å². The van der Waals surface area contributed by atoms with Crippen LogP contribution < -0.4 is 0 Å². The standard InChI is InChI=1S/C14H18Cl2O/c1-2-3-5-11-10-12(16)7-8-13(11)14(17)6-4-9-15/h7-8,10H,2-6,9H2,1H3. The first-order valence-corrected chi connectivity index (χ1v) is 6.98. The molecule has 0 aromatic heterocycles. The molecule has 3 heteroatoms. The molecule has 1 rings (SSSR count). The number of hydrogen-bond acceptors (Lipinski definition) is 1. The first-order chi connectivity index (χ1) is 8.19. The van der Waals surface area contributed by atoms with Gasteiger partial charge in [0.1, 0.15) is 0 Å². The minimum absolute atomic E-state index is 0.174. The fourth-order valence-electron chi connectivity index (χ4n) is 1.77. The SMILES string of the molecule is CCCCc1cc(Cl)ccc1C(=O)CCCCl. The van der Waals surface area contributed by atoms with Gasteiger partial charge in [-0.05, 0) is 43.0 Å². The molecule has 1 aromatic rings. The molecule has 0 saturated heterocycles. The highest BCUT2D eigenvalue weighted by Crippen LogP contribution is 2.20. The van der Waals surface area contributed by atoms with Gasteiger partial charge in [0.2, 0.25) is 0 Å². The fourth-order valence-corrected chi connectivity index (χ4v) is 2.10. The zero-order chi connectivity index (χ0) is 12.7. The van der Waals surface area contributed by atoms with Crippen LogP contribution in [0.15, 0.2) is 18.2 Å². The highest BCUT2D eigenvalue weighted by atomic mass is 35.5. The zero-order valence-electron chi connectivity index (χ0n) is 10.1. The smallest absolute Gasteiger partial charge is 0.163 e. The number of alkyl halides is 1. The number of rotatable bonds is 7. The van der Waals surface area contributed by atoms with Gasteiger partial charge in [-0.3, -0.25) is 4.79 Å². The second kappa shape index (κ2) is 7.73. The Kier molecular flexibility index (Phi) is 6.61. The predicted molar refractivity (Wildman–Crippen MR) is 74.3 cm³/mol. The van der Waals surface area contributed by atoms with E-state index in [9.17, 15) is 4.79 Å². The summed E-state index contributed by atoms with van der Waals surface area (Å²) in [5, 5.41) is 0.699. The lowest BCUT2D eigenvalue weighted by atomic mass is 9.97. The maximum atomic E-state index is 12.0. The lowest BCUT2D eigenvalue weighted by molar-refractivity contribution is 0.0981. The molecule has 1 aromatic carbocycles. The molecule has 0 heterocycles. The van der Waals surface area contributed by atoms with Gasteiger partial charge in [-0.15, -0.1) is 11.6 Å². The van der Waals surface area contributed by atoms with Crippen LogP contribution in [0.4, 0.5) is 0 Å². The molecule has 0 aliphatic carbocycles. The maximum Gasteiger partial charge on any atom is 0.163 e. The molecule has 0 aliphatic heterocycles. The van der Waals surface area contributed by atoms with Crippen molar-refractivity contribution in [3.63, 3.8) is 0 Å². The lowest BCUT2D eigenvalue weighted by Crippen LogP contribution is -2.04. The molecule has 0 saturated carbocycles. The number of carbonyl (C=O) groups is 1. The molecule has 0 unspecified atom stereocenters. The van der Waals surface area contributed by atoms with Crippen molar-refractivity contribution in [1.29, 1.82) is 0 Å². The van der Waals surface area contributed by atoms with Crippen LogP contribution in [0.25, 0.3) is 0 Å². The molecule has 17 heavy (non-hydrogen) atoms. The number of aryl methyl sites for hydroxylation is 1. The third-order valence-corrected chi connectivity index (χ3v) is 3.21. The van der Waals surface area contributed by atoms with E-state index in [1.54, 1.807) is 6.07 Å². The van der Waals surface area contributed by atoms with Crippen molar-refractivity contribution in [2.75, 3.05) is 5.88 Å². The normalized spacial score (nSPS) is 10.5. The molecule has 0 radical (unpaired) electrons. The highest BCUT2D eigenvalue weighted by molar-refractivity contribution is 6.30. The number of Topliss-reactive ketones (excluding diaryl/α,β-unsaturated/α-hetero) is 1. The van der Waals surface area contributed by atoms with Gasteiger partial charge in [0, 0.05) is 22.9 Å². The summed E-state index contributed by atoms with van der Waals surface area (Å²) in [5.41, 5.74) is 1.88. The van der Waals surface area contributed by atoms with E-state index < -0.39 is 0 Å². The van der Waals surface area contributed by atoms with E-state index in [1.165, 1.54) is 0 Å². The van der Waals surface area contributed by atoms with E-state index in [0.717, 1.165) is 36.8 Å². The van der Waals surface area contributed by atoms with Crippen LogP contribution in [0.5, 0.6) is 0 Å². The Morgan fingerprint density at radius 3 is 2.71 bits per heavy atom. The minimum Gasteiger partial charge on any atom is -0.294 e. The van der Waals surface area contributed by atoms with E-state index in [2.05, 4.69) is 6.92 Å². The molecule has 0 amide bonds. The van der Waals surface area contributed by atoms with Crippen LogP contribution in [-0.4, -0.2) is 11.7 Å². The Balaban J connectivity index is 2.84. The summed E-state index contributed by atoms with van der Waals surface area (Å²) in [6.45, 7) is 2.14. The molecule has 1 nitrogen and oxygen atoms in total. The minimum atomic E-state index is 0.174. The van der Waals surface area contributed by atoms with Gasteiger partial charge in [0.25, 0.3) is 0 Å². The molecule has 0 aliphatic rings. The largest absolute Gasteiger partial charge is 0.294 e. The number of benzene rings is 1. The average Bonchev–Trinajstić information content (AvgIpc) is 2.33. The van der Waals surface area contributed by atoms with Crippen molar-refractivity contribution < 1.29 is 4.79 Å². The van der Waals surface area contributed by atoms with Gasteiger partial charge in [-0.1, -0.05) is 24.9 Å². The molecule has 94 valence electrons. The quantitative estimate of drug-likeness (QED) is 0.511. The van der Waals surface area contributed by atoms with Crippen molar-refractivity contribution in [3.05, 3.63) is 34.3 Å². The molecule has 0 N–H and O–H groups in total. The number of unbranched alkanes of at least 4 members (excludes halogenated alkanes) is 1. The summed E-state index contributed by atoms with van der Waals surface area (Å²) in [4.78, 5) is 12.0. The van der Waals surface area contributed by atoms with Gasteiger partial charge in [0.15, 0.2) is 5.78 Å². The van der Waals surface area contributed by atoms with Crippen LogP contribution >= 0.6 is 23.2 Å². The van der Waals surface area contributed by atoms with Crippen LogP contribution in [-0.2, 0) is 6.42 Å². The Hall–Kier alpha value is -0.530. The monoisotopic (exact) mass is 272 g/mol. The highest BCUT2D eigenvalue weighted by Gasteiger charge is 2.11. The maximum absolute atomic E-state index is 12.0. The number of hydrogen-bond donors (Lipinski definition) is 0. The van der Waals surface area contributed by atoms with Crippen molar-refractivity contribution in [3.8, 4) is 0 Å². The number of halogens is 2. The topological polar surface area (TPSA) is 17.1 Å². The average molecular weight is 273 g/mol. The lowest BCUT2D eigenvalue weighted by Gasteiger charge is -2.08. The first kappa shape index (κ1) is 14.5. The summed E-state index contributed by atoms with van der Waals surface area (Å²) in [6.07, 6.45) is 4.36. The van der Waals surface area contributed by atoms with Crippen molar-refractivity contribution >= 4 is 29.0 Å². The summed E-state index contributed by atoms with van der Waals surface area (Å²) < 4.78 is 0. The van der Waals surface area contributed by atoms with Crippen LogP contribution in [0.3, 0.4) is 0 Å². The van der Waals surface area contributed by atoms with Crippen LogP contribution in [0, 0.1) is 0 Å². The van der Waals surface area contributed by atoms with Gasteiger partial charge < -0.3 is 0 Å². The summed E-state index contributed by atoms with van der Waals surface area (Å²) >= 11 is 11.6. The van der Waals surface area contributed by atoms with Crippen LogP contribution in [0.2, 0.25) is 5.02 Å². The number of ketones is 1. The second-order valence-electron chi connectivity index (χ2n) is 4.12. The van der Waals surface area contributed by atoms with Crippen molar-refractivity contribution in [2.45, 2.75) is 39.0 Å². The third kappa shape index (κ3) is 4.69. The Bertz CT molecular complexity index is 374. The van der Waals surface area contributed by atoms with Crippen molar-refractivity contribution in [1.82, 2.24) is 0 Å². The van der Waals surface area contributed by atoms with Crippen molar-refractivity contribution in [2.24, 2.45) is 0 Å². The van der Waals surface area contributed by atoms with E-state index in [-0.39, 0.29) is 5.78 Å². The molecular formula is C14H18Cl2O. The van der Waals surface area contributed by atoms with Gasteiger partial charge in [0.05, 0.1) is 0 Å². The fraction of sp³-hybridized carbons (Fsp3) is 0.500. The van der Waals surface area contributed by atoms with Gasteiger partial charge in [-0.25, -0.2) is 0 Å². The van der Waals surface area contributed by atoms with E-state index in [0.29, 0.717) is 17.3 Å². The summed E-state index contributed by atoms with van der Waals surface area (Å²) in [6, 6.07) is 5.53. The summed E-state index contributed by atoms with van der Waals surface area (Å²) in [5.74, 6) is 0.706. The molecule has 0 bridgehead atoms. The first-order valence-electron chi connectivity index (χ1n) is 6.06. The van der Waals surface area contributed by atoms with E-state index in [1.807, 2.05) is 12.1 Å². The van der Waals surface area contributed by atoms with E-state index >= 15 is 0 Å². The Morgan fingerprint density at radius 2 is 2.06 bits per heavy atom. The molecular weight excluding hydrogens is 255 g/mol. The molecule has 0 atom stereocenters. The molecule has 0 spiro atoms. The van der Waals surface area contributed by atoms with Gasteiger partial charge >= 0.3 is 0 Å². The molecule has 0 fully saturated rings. The Morgan fingerprint density at radius 1 is 1.29 bits per heavy atom. The summed E-state index contributed by atoms with van der Waals surface area (Å²) in [7, 11) is 0. The van der Waals surface area contributed by atoms with Gasteiger partial charge in [-0.2, -0.15) is 0 Å². The predicted octanol–water partition coefficient (Wildman–Crippen LogP) is 4.88. The second-order valence-corrected chi connectivity index (χ2v) is 4.94. The zero-order valence-corrected chi connectivity index (χ0v) is 11.7. The Labute approximate surface area is 113 Å². The number of carbonyl (C=O) groups excluding carboxylic acids is 1.